The quantitative estimate of drug-likeness (QED) is 0.0675. The first-order valence-corrected chi connectivity index (χ1v) is 13.6. The fourth-order valence-electron chi connectivity index (χ4n) is 3.07. The van der Waals surface area contributed by atoms with Gasteiger partial charge in [-0.05, 0) is 57.8 Å². The zero-order valence-electron chi connectivity index (χ0n) is 19.6. The van der Waals surface area contributed by atoms with Gasteiger partial charge in [0.05, 0.1) is 19.8 Å². The van der Waals surface area contributed by atoms with Crippen LogP contribution in [0.5, 0.6) is 0 Å². The number of phosphoric ester groups is 1. The minimum Gasteiger partial charge on any atom is -0.379 e. The molecule has 0 amide bonds. The smallest absolute Gasteiger partial charge is 0.379 e. The molecule has 0 bridgehead atoms. The van der Waals surface area contributed by atoms with Gasteiger partial charge in [0.25, 0.3) is 0 Å². The number of rotatable bonds is 24. The predicted octanol–water partition coefficient (Wildman–Crippen LogP) is 2.83. The van der Waals surface area contributed by atoms with E-state index in [1.54, 1.807) is 0 Å². The molecule has 3 unspecified atom stereocenters. The van der Waals surface area contributed by atoms with Gasteiger partial charge >= 0.3 is 7.82 Å². The molecule has 0 aromatic rings. The molecule has 11 heteroatoms. The summed E-state index contributed by atoms with van der Waals surface area (Å²) in [6.07, 6.45) is 9.47. The maximum atomic E-state index is 12.9. The van der Waals surface area contributed by atoms with E-state index < -0.39 is 26.5 Å². The zero-order chi connectivity index (χ0) is 24.1. The first-order chi connectivity index (χ1) is 15.2. The standard InChI is InChI=1S/C21H48N3O7P/c22-19(25)13-7-1-4-10-16-29-32(28,30-17-11-5-2-8-14-20(23)26)31-18-12-6-3-9-15-21(24)27/h19-21,25-27H,1-18,22-24H2. The highest BCUT2D eigenvalue weighted by atomic mass is 31.2. The molecule has 194 valence electrons. The Kier molecular flexibility index (Phi) is 21.3. The molecule has 0 saturated heterocycles. The largest absolute Gasteiger partial charge is 0.474 e. The Morgan fingerprint density at radius 1 is 0.500 bits per heavy atom. The summed E-state index contributed by atoms with van der Waals surface area (Å²) >= 11 is 0. The van der Waals surface area contributed by atoms with Gasteiger partial charge in [0.15, 0.2) is 0 Å². The van der Waals surface area contributed by atoms with Gasteiger partial charge in [-0.3, -0.25) is 13.6 Å². The van der Waals surface area contributed by atoms with Crippen LogP contribution in [0.3, 0.4) is 0 Å². The van der Waals surface area contributed by atoms with Crippen LogP contribution >= 0.6 is 7.82 Å². The van der Waals surface area contributed by atoms with Gasteiger partial charge in [-0.25, -0.2) is 4.57 Å². The maximum absolute atomic E-state index is 12.9. The van der Waals surface area contributed by atoms with Crippen LogP contribution in [-0.2, 0) is 18.1 Å². The van der Waals surface area contributed by atoms with Crippen LogP contribution in [0.4, 0.5) is 0 Å². The Bertz CT molecular complexity index is 395. The number of aliphatic hydroxyl groups excluding tert-OH is 3. The van der Waals surface area contributed by atoms with Gasteiger partial charge in [-0.1, -0.05) is 38.5 Å². The second-order valence-corrected chi connectivity index (χ2v) is 9.93. The second-order valence-electron chi connectivity index (χ2n) is 8.26. The first kappa shape index (κ1) is 31.9. The number of hydrogen-bond acceptors (Lipinski definition) is 10. The molecule has 0 aliphatic heterocycles. The van der Waals surface area contributed by atoms with E-state index in [1.807, 2.05) is 0 Å². The van der Waals surface area contributed by atoms with Crippen molar-refractivity contribution < 1.29 is 33.5 Å². The van der Waals surface area contributed by atoms with Crippen LogP contribution < -0.4 is 17.2 Å². The third-order valence-corrected chi connectivity index (χ3v) is 6.43. The van der Waals surface area contributed by atoms with Crippen LogP contribution in [0.25, 0.3) is 0 Å². The van der Waals surface area contributed by atoms with Crippen molar-refractivity contribution >= 4 is 7.82 Å². The molecule has 32 heavy (non-hydrogen) atoms. The van der Waals surface area contributed by atoms with Crippen LogP contribution in [0.15, 0.2) is 0 Å². The molecule has 0 aromatic carbocycles. The number of nitrogens with two attached hydrogens (primary N) is 3. The third kappa shape index (κ3) is 23.0. The Hall–Kier alpha value is -0.130. The van der Waals surface area contributed by atoms with Gasteiger partial charge in [-0.15, -0.1) is 0 Å². The number of hydrogen-bond donors (Lipinski definition) is 6. The van der Waals surface area contributed by atoms with E-state index in [9.17, 15) is 4.57 Å². The molecule has 0 fully saturated rings. The van der Waals surface area contributed by atoms with Gasteiger partial charge in [0.2, 0.25) is 0 Å². The van der Waals surface area contributed by atoms with Crippen LogP contribution in [-0.4, -0.2) is 53.8 Å². The molecule has 0 radical (unpaired) electrons. The SMILES string of the molecule is NC(O)CCCCCCOP(=O)(OCCCCCCC(N)O)OCCCCCCC(N)O. The minimum atomic E-state index is -3.61. The molecule has 0 aliphatic rings. The lowest BCUT2D eigenvalue weighted by Gasteiger charge is -2.18. The lowest BCUT2D eigenvalue weighted by Crippen LogP contribution is -2.17. The molecule has 10 nitrogen and oxygen atoms in total. The molecule has 3 atom stereocenters. The molecule has 9 N–H and O–H groups in total. The summed E-state index contributed by atoms with van der Waals surface area (Å²) in [4.78, 5) is 0. The molecule has 0 aromatic heterocycles. The minimum absolute atomic E-state index is 0.283. The van der Waals surface area contributed by atoms with Crippen LogP contribution in [0.1, 0.15) is 96.3 Å². The Balaban J connectivity index is 4.14. The van der Waals surface area contributed by atoms with Crippen molar-refractivity contribution in [2.24, 2.45) is 17.2 Å². The van der Waals surface area contributed by atoms with E-state index in [2.05, 4.69) is 0 Å². The summed E-state index contributed by atoms with van der Waals surface area (Å²) in [5, 5.41) is 27.2. The van der Waals surface area contributed by atoms with E-state index in [-0.39, 0.29) is 19.8 Å². The number of aliphatic hydroxyl groups is 3. The second kappa shape index (κ2) is 21.4. The van der Waals surface area contributed by atoms with Crippen molar-refractivity contribution in [3.63, 3.8) is 0 Å². The Morgan fingerprint density at radius 3 is 1.00 bits per heavy atom. The lowest BCUT2D eigenvalue weighted by molar-refractivity contribution is 0.108. The molecule has 0 aliphatic carbocycles. The normalized spacial score (nSPS) is 16.6. The first-order valence-electron chi connectivity index (χ1n) is 12.1. The number of unbranched alkanes of at least 4 members (excludes halogenated alkanes) is 9. The van der Waals surface area contributed by atoms with Crippen molar-refractivity contribution in [1.82, 2.24) is 0 Å². The van der Waals surface area contributed by atoms with Gasteiger partial charge in [0, 0.05) is 0 Å². The summed E-state index contributed by atoms with van der Waals surface area (Å²) in [5.41, 5.74) is 15.9. The topological polar surface area (TPSA) is 184 Å². The van der Waals surface area contributed by atoms with E-state index in [1.165, 1.54) is 0 Å². The van der Waals surface area contributed by atoms with Gasteiger partial charge in [0.1, 0.15) is 18.7 Å². The zero-order valence-corrected chi connectivity index (χ0v) is 20.5. The van der Waals surface area contributed by atoms with Crippen LogP contribution in [0.2, 0.25) is 0 Å². The maximum Gasteiger partial charge on any atom is 0.474 e. The van der Waals surface area contributed by atoms with Crippen LogP contribution in [0, 0.1) is 0 Å². The highest BCUT2D eigenvalue weighted by Crippen LogP contribution is 2.50. The summed E-state index contributed by atoms with van der Waals surface area (Å²) in [6, 6.07) is 0. The average Bonchev–Trinajstić information content (AvgIpc) is 2.71. The molecule has 0 rings (SSSR count). The van der Waals surface area contributed by atoms with Gasteiger partial charge < -0.3 is 32.5 Å². The Morgan fingerprint density at radius 2 is 0.750 bits per heavy atom. The third-order valence-electron chi connectivity index (χ3n) is 4.93. The monoisotopic (exact) mass is 485 g/mol. The van der Waals surface area contributed by atoms with Crippen molar-refractivity contribution in [2.75, 3.05) is 19.8 Å². The van der Waals surface area contributed by atoms with Crippen molar-refractivity contribution in [2.45, 2.75) is 115 Å². The van der Waals surface area contributed by atoms with E-state index >= 15 is 0 Å². The number of phosphoric acid groups is 1. The fraction of sp³-hybridized carbons (Fsp3) is 1.00. The Labute approximate surface area is 193 Å². The highest BCUT2D eigenvalue weighted by Gasteiger charge is 2.26. The van der Waals surface area contributed by atoms with Crippen molar-refractivity contribution in [3.05, 3.63) is 0 Å². The summed E-state index contributed by atoms with van der Waals surface area (Å²) in [7, 11) is -3.61. The summed E-state index contributed by atoms with van der Waals surface area (Å²) in [5.74, 6) is 0. The molecule has 0 heterocycles. The summed E-state index contributed by atoms with van der Waals surface area (Å²) < 4.78 is 29.5. The van der Waals surface area contributed by atoms with E-state index in [4.69, 9.17) is 46.1 Å². The average molecular weight is 486 g/mol. The van der Waals surface area contributed by atoms with E-state index in [0.29, 0.717) is 19.3 Å². The molecular weight excluding hydrogens is 437 g/mol. The molecular formula is C21H48N3O7P. The van der Waals surface area contributed by atoms with E-state index in [0.717, 1.165) is 77.0 Å². The fourth-order valence-corrected chi connectivity index (χ4v) is 4.35. The van der Waals surface area contributed by atoms with Crippen molar-refractivity contribution in [1.29, 1.82) is 0 Å². The highest BCUT2D eigenvalue weighted by molar-refractivity contribution is 7.48. The molecule has 0 spiro atoms. The lowest BCUT2D eigenvalue weighted by atomic mass is 10.1. The summed E-state index contributed by atoms with van der Waals surface area (Å²) in [6.45, 7) is 0.849. The van der Waals surface area contributed by atoms with Gasteiger partial charge in [-0.2, -0.15) is 0 Å². The predicted molar refractivity (Wildman–Crippen MR) is 125 cm³/mol. The molecule has 0 saturated carbocycles. The van der Waals surface area contributed by atoms with Crippen molar-refractivity contribution in [3.8, 4) is 0 Å².